The second-order valence-electron chi connectivity index (χ2n) is 3.77. The highest BCUT2D eigenvalue weighted by atomic mass is 16.1. The normalized spacial score (nSPS) is 21.4. The van der Waals surface area contributed by atoms with Gasteiger partial charge in [0.15, 0.2) is 0 Å². The summed E-state index contributed by atoms with van der Waals surface area (Å²) in [6.07, 6.45) is 2.44. The summed E-state index contributed by atoms with van der Waals surface area (Å²) < 4.78 is 0. The van der Waals surface area contributed by atoms with Crippen LogP contribution in [0, 0.1) is 17.2 Å². The summed E-state index contributed by atoms with van der Waals surface area (Å²) in [6.45, 7) is 3.65. The molecule has 1 rings (SSSR count). The van der Waals surface area contributed by atoms with Gasteiger partial charge in [-0.3, -0.25) is 9.69 Å². The van der Waals surface area contributed by atoms with Crippen LogP contribution in [-0.2, 0) is 4.79 Å². The number of nitrogens with zero attached hydrogens (tertiary/aromatic N) is 2. The molecule has 0 aliphatic carbocycles. The molecule has 0 saturated carbocycles. The maximum absolute atomic E-state index is 10.9. The van der Waals surface area contributed by atoms with E-state index in [1.807, 2.05) is 6.92 Å². The van der Waals surface area contributed by atoms with Gasteiger partial charge in [0.25, 0.3) is 0 Å². The highest BCUT2D eigenvalue weighted by molar-refractivity contribution is 5.76. The smallest absolute Gasteiger partial charge is 0.220 e. The largest absolute Gasteiger partial charge is 0.369 e. The Labute approximate surface area is 84.7 Å². The van der Waals surface area contributed by atoms with Crippen molar-refractivity contribution in [3.05, 3.63) is 0 Å². The van der Waals surface area contributed by atoms with Crippen molar-refractivity contribution in [3.8, 4) is 6.07 Å². The standard InChI is InChI=1S/C10H17N3O/c1-2-9(7-11)13-5-3-8(4-6-13)10(12)14/h8-9H,2-6H2,1H3,(H2,12,14)/t9-/m0/s1. The highest BCUT2D eigenvalue weighted by Crippen LogP contribution is 2.19. The molecule has 1 heterocycles. The van der Waals surface area contributed by atoms with Crippen molar-refractivity contribution in [2.75, 3.05) is 13.1 Å². The van der Waals surface area contributed by atoms with Crippen LogP contribution in [0.2, 0.25) is 0 Å². The molecule has 1 atom stereocenters. The van der Waals surface area contributed by atoms with E-state index in [9.17, 15) is 4.79 Å². The zero-order valence-electron chi connectivity index (χ0n) is 8.57. The third-order valence-electron chi connectivity index (χ3n) is 2.91. The molecule has 0 aromatic carbocycles. The predicted octanol–water partition coefficient (Wildman–Crippen LogP) is 0.486. The molecular weight excluding hydrogens is 178 g/mol. The van der Waals surface area contributed by atoms with Gasteiger partial charge < -0.3 is 5.73 Å². The molecule has 78 valence electrons. The molecule has 14 heavy (non-hydrogen) atoms. The average molecular weight is 195 g/mol. The molecule has 1 saturated heterocycles. The second kappa shape index (κ2) is 4.97. The van der Waals surface area contributed by atoms with E-state index in [1.54, 1.807) is 0 Å². The maximum Gasteiger partial charge on any atom is 0.220 e. The van der Waals surface area contributed by atoms with Gasteiger partial charge in [-0.2, -0.15) is 5.26 Å². The van der Waals surface area contributed by atoms with E-state index in [0.717, 1.165) is 32.4 Å². The molecule has 4 heteroatoms. The zero-order chi connectivity index (χ0) is 10.6. The average Bonchev–Trinajstić information content (AvgIpc) is 2.20. The van der Waals surface area contributed by atoms with Gasteiger partial charge in [-0.05, 0) is 19.3 Å². The molecule has 0 unspecified atom stereocenters. The number of hydrogen-bond donors (Lipinski definition) is 1. The van der Waals surface area contributed by atoms with Crippen LogP contribution in [0.3, 0.4) is 0 Å². The van der Waals surface area contributed by atoms with Crippen molar-refractivity contribution >= 4 is 5.91 Å². The van der Waals surface area contributed by atoms with Crippen molar-refractivity contribution in [2.24, 2.45) is 11.7 Å². The van der Waals surface area contributed by atoms with Crippen LogP contribution in [-0.4, -0.2) is 29.9 Å². The third-order valence-corrected chi connectivity index (χ3v) is 2.91. The first-order chi connectivity index (χ1) is 6.69. The molecule has 0 aromatic rings. The number of piperidine rings is 1. The number of amides is 1. The Kier molecular flexibility index (Phi) is 3.90. The summed E-state index contributed by atoms with van der Waals surface area (Å²) in [4.78, 5) is 13.0. The van der Waals surface area contributed by atoms with Crippen LogP contribution < -0.4 is 5.73 Å². The van der Waals surface area contributed by atoms with E-state index < -0.39 is 0 Å². The minimum absolute atomic E-state index is 0.00354. The van der Waals surface area contributed by atoms with Crippen molar-refractivity contribution in [2.45, 2.75) is 32.2 Å². The number of likely N-dealkylation sites (tertiary alicyclic amines) is 1. The Hall–Kier alpha value is -1.08. The Balaban J connectivity index is 2.43. The van der Waals surface area contributed by atoms with E-state index in [1.165, 1.54) is 0 Å². The molecule has 0 aromatic heterocycles. The van der Waals surface area contributed by atoms with Crippen LogP contribution in [0.15, 0.2) is 0 Å². The molecule has 1 amide bonds. The lowest BCUT2D eigenvalue weighted by molar-refractivity contribution is -0.123. The van der Waals surface area contributed by atoms with Gasteiger partial charge in [0.05, 0.1) is 12.1 Å². The van der Waals surface area contributed by atoms with E-state index in [-0.39, 0.29) is 17.9 Å². The number of primary amides is 1. The van der Waals surface area contributed by atoms with E-state index in [4.69, 9.17) is 11.0 Å². The first kappa shape index (κ1) is 11.0. The Morgan fingerprint density at radius 2 is 2.21 bits per heavy atom. The third kappa shape index (κ3) is 2.46. The van der Waals surface area contributed by atoms with Crippen molar-refractivity contribution in [3.63, 3.8) is 0 Å². The molecule has 0 spiro atoms. The van der Waals surface area contributed by atoms with Gasteiger partial charge in [-0.1, -0.05) is 6.92 Å². The van der Waals surface area contributed by atoms with Gasteiger partial charge in [-0.25, -0.2) is 0 Å². The van der Waals surface area contributed by atoms with Crippen LogP contribution in [0.4, 0.5) is 0 Å². The molecule has 4 nitrogen and oxygen atoms in total. The van der Waals surface area contributed by atoms with Crippen molar-refractivity contribution in [1.82, 2.24) is 4.90 Å². The van der Waals surface area contributed by atoms with Gasteiger partial charge in [0, 0.05) is 19.0 Å². The zero-order valence-corrected chi connectivity index (χ0v) is 8.57. The van der Waals surface area contributed by atoms with Crippen LogP contribution in [0.5, 0.6) is 0 Å². The Morgan fingerprint density at radius 1 is 1.64 bits per heavy atom. The molecule has 1 aliphatic heterocycles. The van der Waals surface area contributed by atoms with Gasteiger partial charge in [-0.15, -0.1) is 0 Å². The Morgan fingerprint density at radius 3 is 2.57 bits per heavy atom. The molecule has 2 N–H and O–H groups in total. The lowest BCUT2D eigenvalue weighted by atomic mass is 9.95. The lowest BCUT2D eigenvalue weighted by Crippen LogP contribution is -2.43. The summed E-state index contributed by atoms with van der Waals surface area (Å²) in [5.74, 6) is -0.183. The predicted molar refractivity (Wildman–Crippen MR) is 53.2 cm³/mol. The van der Waals surface area contributed by atoms with Crippen molar-refractivity contribution < 1.29 is 4.79 Å². The van der Waals surface area contributed by atoms with Crippen LogP contribution >= 0.6 is 0 Å². The summed E-state index contributed by atoms with van der Waals surface area (Å²) >= 11 is 0. The fourth-order valence-electron chi connectivity index (χ4n) is 1.93. The number of nitriles is 1. The molecular formula is C10H17N3O. The number of rotatable bonds is 3. The summed E-state index contributed by atoms with van der Waals surface area (Å²) in [6, 6.07) is 2.28. The van der Waals surface area contributed by atoms with E-state index in [2.05, 4.69) is 11.0 Å². The van der Waals surface area contributed by atoms with E-state index >= 15 is 0 Å². The first-order valence-electron chi connectivity index (χ1n) is 5.12. The number of carbonyl (C=O) groups is 1. The Bertz CT molecular complexity index is 238. The first-order valence-corrected chi connectivity index (χ1v) is 5.12. The van der Waals surface area contributed by atoms with Gasteiger partial charge in [0.2, 0.25) is 5.91 Å². The molecule has 1 aliphatic rings. The number of nitrogens with two attached hydrogens (primary N) is 1. The monoisotopic (exact) mass is 195 g/mol. The number of carbonyl (C=O) groups excluding carboxylic acids is 1. The summed E-state index contributed by atoms with van der Waals surface area (Å²) in [5, 5.41) is 8.87. The van der Waals surface area contributed by atoms with Gasteiger partial charge in [0.1, 0.15) is 0 Å². The SMILES string of the molecule is CC[C@@H](C#N)N1CCC(C(N)=O)CC1. The quantitative estimate of drug-likeness (QED) is 0.712. The summed E-state index contributed by atoms with van der Waals surface area (Å²) in [7, 11) is 0. The topological polar surface area (TPSA) is 70.1 Å². The fourth-order valence-corrected chi connectivity index (χ4v) is 1.93. The van der Waals surface area contributed by atoms with Crippen LogP contribution in [0.25, 0.3) is 0 Å². The van der Waals surface area contributed by atoms with Crippen molar-refractivity contribution in [1.29, 1.82) is 5.26 Å². The molecule has 0 bridgehead atoms. The lowest BCUT2D eigenvalue weighted by Gasteiger charge is -2.33. The highest BCUT2D eigenvalue weighted by Gasteiger charge is 2.26. The number of hydrogen-bond acceptors (Lipinski definition) is 3. The fraction of sp³-hybridized carbons (Fsp3) is 0.800. The minimum atomic E-state index is -0.199. The van der Waals surface area contributed by atoms with E-state index in [0.29, 0.717) is 0 Å². The molecule has 0 radical (unpaired) electrons. The van der Waals surface area contributed by atoms with Crippen LogP contribution in [0.1, 0.15) is 26.2 Å². The van der Waals surface area contributed by atoms with Gasteiger partial charge >= 0.3 is 0 Å². The molecule has 1 fully saturated rings. The second-order valence-corrected chi connectivity index (χ2v) is 3.77. The maximum atomic E-state index is 10.9. The minimum Gasteiger partial charge on any atom is -0.369 e. The summed E-state index contributed by atoms with van der Waals surface area (Å²) in [5.41, 5.74) is 5.23.